The minimum Gasteiger partial charge on any atom is -0.370 e. The lowest BCUT2D eigenvalue weighted by Gasteiger charge is -2.12. The van der Waals surface area contributed by atoms with Gasteiger partial charge in [0.05, 0.1) is 5.69 Å². The maximum atomic E-state index is 11.7. The molecule has 3 aromatic rings. The molecule has 2 N–H and O–H groups in total. The molecule has 0 atom stereocenters. The van der Waals surface area contributed by atoms with Crippen molar-refractivity contribution in [2.45, 2.75) is 25.7 Å². The van der Waals surface area contributed by atoms with Crippen molar-refractivity contribution in [1.29, 1.82) is 0 Å². The van der Waals surface area contributed by atoms with Crippen molar-refractivity contribution >= 4 is 42.3 Å². The van der Waals surface area contributed by atoms with Crippen molar-refractivity contribution in [2.24, 2.45) is 5.92 Å². The number of amides is 1. The van der Waals surface area contributed by atoms with Crippen LogP contribution in [0.5, 0.6) is 0 Å². The zero-order chi connectivity index (χ0) is 19.5. The molecule has 0 saturated heterocycles. The van der Waals surface area contributed by atoms with Gasteiger partial charge in [0.1, 0.15) is 13.7 Å². The van der Waals surface area contributed by atoms with Crippen LogP contribution in [-0.4, -0.2) is 41.4 Å². The number of unbranched alkanes of at least 4 members (excludes halogenated alkanes) is 1. The average Bonchev–Trinajstić information content (AvgIpc) is 3.48. The number of carbonyl (C=O) groups excluding carboxylic acids is 1. The van der Waals surface area contributed by atoms with E-state index < -0.39 is 0 Å². The van der Waals surface area contributed by atoms with Gasteiger partial charge in [-0.2, -0.15) is 9.61 Å². The third-order valence-electron chi connectivity index (χ3n) is 4.96. The zero-order valence-electron chi connectivity index (χ0n) is 15.9. The fourth-order valence-corrected chi connectivity index (χ4v) is 3.41. The number of anilines is 1. The maximum Gasteiger partial charge on any atom is 0.223 e. The normalized spacial score (nSPS) is 13.6. The third-order valence-corrected chi connectivity index (χ3v) is 5.28. The van der Waals surface area contributed by atoms with Crippen LogP contribution in [0.15, 0.2) is 36.5 Å². The summed E-state index contributed by atoms with van der Waals surface area (Å²) in [6, 6.07) is 9.69. The van der Waals surface area contributed by atoms with Crippen molar-refractivity contribution in [3.63, 3.8) is 0 Å². The van der Waals surface area contributed by atoms with Gasteiger partial charge in [0.2, 0.25) is 5.91 Å². The number of hydrogen-bond acceptors (Lipinski definition) is 4. The van der Waals surface area contributed by atoms with Crippen molar-refractivity contribution < 1.29 is 4.79 Å². The molecule has 6 nitrogen and oxygen atoms in total. The summed E-state index contributed by atoms with van der Waals surface area (Å²) in [6.45, 7) is 1.52. The van der Waals surface area contributed by atoms with E-state index in [0.29, 0.717) is 5.02 Å². The fourth-order valence-electron chi connectivity index (χ4n) is 3.17. The van der Waals surface area contributed by atoms with Crippen molar-refractivity contribution in [2.75, 3.05) is 18.4 Å². The highest BCUT2D eigenvalue weighted by Gasteiger charge is 2.28. The van der Waals surface area contributed by atoms with E-state index in [1.54, 1.807) is 0 Å². The minimum absolute atomic E-state index is 0.209. The van der Waals surface area contributed by atoms with Gasteiger partial charge < -0.3 is 10.6 Å². The summed E-state index contributed by atoms with van der Waals surface area (Å²) in [7, 11) is 2.00. The Balaban J connectivity index is 1.44. The van der Waals surface area contributed by atoms with E-state index in [1.165, 1.54) is 0 Å². The van der Waals surface area contributed by atoms with Gasteiger partial charge in [-0.15, -0.1) is 0 Å². The molecule has 1 saturated carbocycles. The second-order valence-corrected chi connectivity index (χ2v) is 7.68. The number of fused-ring (bicyclic) bond motifs is 1. The lowest BCUT2D eigenvalue weighted by molar-refractivity contribution is -0.122. The Morgan fingerprint density at radius 1 is 1.25 bits per heavy atom. The van der Waals surface area contributed by atoms with E-state index in [9.17, 15) is 4.79 Å². The van der Waals surface area contributed by atoms with Gasteiger partial charge in [-0.3, -0.25) is 4.79 Å². The molecule has 0 aliphatic heterocycles. The highest BCUT2D eigenvalue weighted by atomic mass is 35.5. The van der Waals surface area contributed by atoms with E-state index >= 15 is 0 Å². The Morgan fingerprint density at radius 3 is 2.82 bits per heavy atom. The van der Waals surface area contributed by atoms with Crippen LogP contribution < -0.4 is 16.1 Å². The predicted octanol–water partition coefficient (Wildman–Crippen LogP) is 2.03. The molecule has 28 heavy (non-hydrogen) atoms. The van der Waals surface area contributed by atoms with Gasteiger partial charge in [-0.05, 0) is 37.2 Å². The Hall–Kier alpha value is -2.54. The number of nitrogens with one attached hydrogen (secondary N) is 2. The highest BCUT2D eigenvalue weighted by molar-refractivity contribution is 6.36. The van der Waals surface area contributed by atoms with Gasteiger partial charge in [-0.25, -0.2) is 4.98 Å². The van der Waals surface area contributed by atoms with Crippen LogP contribution in [0.4, 0.5) is 5.82 Å². The second-order valence-electron chi connectivity index (χ2n) is 7.27. The molecule has 1 fully saturated rings. The van der Waals surface area contributed by atoms with Gasteiger partial charge in [-0.1, -0.05) is 29.8 Å². The first-order valence-electron chi connectivity index (χ1n) is 9.75. The van der Waals surface area contributed by atoms with E-state index in [2.05, 4.69) is 15.7 Å². The SMILES string of the molecule is Bc1cnn2c(NCCCCNC(=O)C3CC3)cc(-c3ccccc3Cl)nc12. The summed E-state index contributed by atoms with van der Waals surface area (Å²) in [6.07, 6.45) is 5.80. The minimum atomic E-state index is 0.209. The van der Waals surface area contributed by atoms with Gasteiger partial charge in [0, 0.05) is 41.9 Å². The van der Waals surface area contributed by atoms with Gasteiger partial charge in [0.25, 0.3) is 0 Å². The fraction of sp³-hybridized carbons (Fsp3) is 0.350. The topological polar surface area (TPSA) is 71.3 Å². The molecule has 8 heteroatoms. The summed E-state index contributed by atoms with van der Waals surface area (Å²) in [5.41, 5.74) is 3.55. The molecular weight excluding hydrogens is 373 g/mol. The Bertz CT molecular complexity index is 1000. The molecule has 0 bridgehead atoms. The molecule has 1 aliphatic rings. The molecule has 2 heterocycles. The molecule has 1 aromatic carbocycles. The standard InChI is InChI=1S/C20H23BClN5O/c21-15-12-25-27-18(23-9-3-4-10-24-20(28)13-7-8-13)11-17(26-19(15)27)14-5-1-2-6-16(14)22/h1-2,5-6,11-13,23H,3-4,7-10,21H2,(H,24,28). The van der Waals surface area contributed by atoms with Crippen LogP contribution >= 0.6 is 11.6 Å². The number of nitrogens with zero attached hydrogens (tertiary/aromatic N) is 3. The van der Waals surface area contributed by atoms with Crippen molar-refractivity contribution in [3.8, 4) is 11.3 Å². The molecule has 4 rings (SSSR count). The number of benzene rings is 1. The summed E-state index contributed by atoms with van der Waals surface area (Å²) in [5, 5.41) is 11.6. The summed E-state index contributed by atoms with van der Waals surface area (Å²) in [5.74, 6) is 1.37. The number of rotatable bonds is 8. The Morgan fingerprint density at radius 2 is 2.04 bits per heavy atom. The van der Waals surface area contributed by atoms with E-state index in [1.807, 2.05) is 48.9 Å². The van der Waals surface area contributed by atoms with Crippen LogP contribution in [-0.2, 0) is 4.79 Å². The molecule has 0 unspecified atom stereocenters. The number of hydrogen-bond donors (Lipinski definition) is 2. The van der Waals surface area contributed by atoms with Crippen molar-refractivity contribution in [3.05, 3.63) is 41.6 Å². The molecular formula is C20H23BClN5O. The highest BCUT2D eigenvalue weighted by Crippen LogP contribution is 2.29. The Labute approximate surface area is 170 Å². The van der Waals surface area contributed by atoms with Crippen LogP contribution in [0.3, 0.4) is 0 Å². The number of halogens is 1. The largest absolute Gasteiger partial charge is 0.370 e. The monoisotopic (exact) mass is 395 g/mol. The maximum absolute atomic E-state index is 11.7. The lowest BCUT2D eigenvalue weighted by Crippen LogP contribution is -2.26. The van der Waals surface area contributed by atoms with E-state index in [4.69, 9.17) is 16.6 Å². The number of carbonyl (C=O) groups is 1. The third kappa shape index (κ3) is 4.14. The second kappa shape index (κ2) is 8.23. The van der Waals surface area contributed by atoms with Gasteiger partial charge in [0.15, 0.2) is 5.65 Å². The van der Waals surface area contributed by atoms with Crippen molar-refractivity contribution in [1.82, 2.24) is 19.9 Å². The number of aromatic nitrogens is 3. The average molecular weight is 396 g/mol. The molecule has 0 radical (unpaired) electrons. The first kappa shape index (κ1) is 18.8. The van der Waals surface area contributed by atoms with Crippen LogP contribution in [0.2, 0.25) is 5.02 Å². The van der Waals surface area contributed by atoms with Crippen LogP contribution in [0, 0.1) is 5.92 Å². The molecule has 1 amide bonds. The lowest BCUT2D eigenvalue weighted by atomic mass is 10.0. The van der Waals surface area contributed by atoms with E-state index in [0.717, 1.165) is 67.0 Å². The Kier molecular flexibility index (Phi) is 5.53. The molecule has 1 aliphatic carbocycles. The van der Waals surface area contributed by atoms with E-state index in [-0.39, 0.29) is 11.8 Å². The molecule has 0 spiro atoms. The smallest absolute Gasteiger partial charge is 0.223 e. The zero-order valence-corrected chi connectivity index (χ0v) is 16.7. The summed E-state index contributed by atoms with van der Waals surface area (Å²) >= 11 is 6.37. The summed E-state index contributed by atoms with van der Waals surface area (Å²) in [4.78, 5) is 16.4. The predicted molar refractivity (Wildman–Crippen MR) is 115 cm³/mol. The molecule has 2 aromatic heterocycles. The quantitative estimate of drug-likeness (QED) is 0.452. The first-order chi connectivity index (χ1) is 13.6. The first-order valence-corrected chi connectivity index (χ1v) is 10.1. The summed E-state index contributed by atoms with van der Waals surface area (Å²) < 4.78 is 1.82. The van der Waals surface area contributed by atoms with Crippen LogP contribution in [0.1, 0.15) is 25.7 Å². The molecule has 144 valence electrons. The van der Waals surface area contributed by atoms with Crippen LogP contribution in [0.25, 0.3) is 16.9 Å². The van der Waals surface area contributed by atoms with Gasteiger partial charge >= 0.3 is 0 Å².